The number of ether oxygens (including phenoxy) is 2. The fourth-order valence-corrected chi connectivity index (χ4v) is 3.45. The second-order valence-electron chi connectivity index (χ2n) is 5.58. The minimum absolute atomic E-state index is 0.101. The summed E-state index contributed by atoms with van der Waals surface area (Å²) in [5.41, 5.74) is 0.483. The molecule has 20 heavy (non-hydrogen) atoms. The summed E-state index contributed by atoms with van der Waals surface area (Å²) in [5, 5.41) is 0. The second kappa shape index (κ2) is 5.05. The van der Waals surface area contributed by atoms with Gasteiger partial charge in [-0.25, -0.2) is 4.98 Å². The molecular weight excluding hydrogens is 256 g/mol. The fraction of sp³-hybridized carbons (Fsp3) is 0.600. The van der Waals surface area contributed by atoms with Crippen LogP contribution in [0.1, 0.15) is 25.7 Å². The second-order valence-corrected chi connectivity index (χ2v) is 5.58. The molecule has 0 unspecified atom stereocenters. The van der Waals surface area contributed by atoms with Crippen LogP contribution in [0.2, 0.25) is 0 Å². The summed E-state index contributed by atoms with van der Waals surface area (Å²) < 4.78 is 10.8. The molecule has 0 aromatic carbocycles. The van der Waals surface area contributed by atoms with Gasteiger partial charge in [0.25, 0.3) is 0 Å². The van der Waals surface area contributed by atoms with E-state index in [9.17, 15) is 4.79 Å². The van der Waals surface area contributed by atoms with Crippen LogP contribution in [0.4, 0.5) is 5.69 Å². The zero-order valence-corrected chi connectivity index (χ0v) is 12.0. The minimum atomic E-state index is -0.311. The molecule has 1 saturated heterocycles. The number of aromatic nitrogens is 1. The Labute approximate surface area is 118 Å². The summed E-state index contributed by atoms with van der Waals surface area (Å²) in [6, 6.07) is 3.63. The van der Waals surface area contributed by atoms with E-state index in [1.165, 1.54) is 0 Å². The number of carbonyl (C=O) groups is 1. The molecular formula is C15H20N2O3. The molecule has 0 bridgehead atoms. The van der Waals surface area contributed by atoms with Gasteiger partial charge in [0.2, 0.25) is 11.8 Å². The van der Waals surface area contributed by atoms with Gasteiger partial charge in [-0.15, -0.1) is 0 Å². The highest BCUT2D eigenvalue weighted by Crippen LogP contribution is 2.48. The van der Waals surface area contributed by atoms with E-state index in [0.29, 0.717) is 12.5 Å². The first-order chi connectivity index (χ1) is 9.67. The van der Waals surface area contributed by atoms with Gasteiger partial charge in [-0.05, 0) is 31.7 Å². The molecule has 2 fully saturated rings. The summed E-state index contributed by atoms with van der Waals surface area (Å²) in [6.07, 6.45) is 5.62. The van der Waals surface area contributed by atoms with Gasteiger partial charge in [0.1, 0.15) is 0 Å². The third-order valence-corrected chi connectivity index (χ3v) is 4.62. The molecule has 108 valence electrons. The molecule has 5 nitrogen and oxygen atoms in total. The first-order valence-electron chi connectivity index (χ1n) is 7.07. The van der Waals surface area contributed by atoms with E-state index in [-0.39, 0.29) is 17.4 Å². The number of methoxy groups -OCH3 is 1. The molecule has 1 aliphatic carbocycles. The van der Waals surface area contributed by atoms with Crippen LogP contribution in [0.15, 0.2) is 18.3 Å². The predicted octanol–water partition coefficient (Wildman–Crippen LogP) is 2.01. The van der Waals surface area contributed by atoms with Gasteiger partial charge < -0.3 is 14.4 Å². The van der Waals surface area contributed by atoms with Crippen molar-refractivity contribution < 1.29 is 14.3 Å². The Balaban J connectivity index is 1.82. The molecule has 0 radical (unpaired) electrons. The van der Waals surface area contributed by atoms with Gasteiger partial charge in [0.05, 0.1) is 30.5 Å². The maximum absolute atomic E-state index is 12.9. The van der Waals surface area contributed by atoms with E-state index in [0.717, 1.165) is 31.4 Å². The number of carbonyl (C=O) groups excluding carboxylic acids is 1. The summed E-state index contributed by atoms with van der Waals surface area (Å²) >= 11 is 0. The molecule has 1 aromatic heterocycles. The van der Waals surface area contributed by atoms with E-state index in [1.54, 1.807) is 24.3 Å². The third kappa shape index (κ3) is 1.97. The number of fused-ring (bicyclic) bond motifs is 1. The van der Waals surface area contributed by atoms with Crippen molar-refractivity contribution in [3.8, 4) is 5.88 Å². The SMILES string of the molecule is COc1ccc(N(C)C(=O)[C@]23CCC[C@H]2OCC3)cn1. The topological polar surface area (TPSA) is 51.7 Å². The summed E-state index contributed by atoms with van der Waals surface area (Å²) in [4.78, 5) is 18.8. The van der Waals surface area contributed by atoms with Crippen LogP contribution in [-0.4, -0.2) is 37.8 Å². The number of amides is 1. The molecule has 2 heterocycles. The lowest BCUT2D eigenvalue weighted by atomic mass is 9.81. The van der Waals surface area contributed by atoms with Crippen LogP contribution < -0.4 is 9.64 Å². The normalized spacial score (nSPS) is 28.2. The lowest BCUT2D eigenvalue weighted by Crippen LogP contribution is -2.44. The summed E-state index contributed by atoms with van der Waals surface area (Å²) in [7, 11) is 3.39. The number of anilines is 1. The lowest BCUT2D eigenvalue weighted by molar-refractivity contribution is -0.129. The highest BCUT2D eigenvalue weighted by Gasteiger charge is 2.54. The van der Waals surface area contributed by atoms with Crippen molar-refractivity contribution in [2.75, 3.05) is 25.7 Å². The van der Waals surface area contributed by atoms with Gasteiger partial charge in [-0.3, -0.25) is 4.79 Å². The third-order valence-electron chi connectivity index (χ3n) is 4.62. The number of pyridine rings is 1. The molecule has 1 saturated carbocycles. The number of nitrogens with zero attached hydrogens (tertiary/aromatic N) is 2. The van der Waals surface area contributed by atoms with Crippen molar-refractivity contribution >= 4 is 11.6 Å². The summed E-state index contributed by atoms with van der Waals surface area (Å²) in [5.74, 6) is 0.708. The van der Waals surface area contributed by atoms with Crippen molar-refractivity contribution in [2.45, 2.75) is 31.8 Å². The van der Waals surface area contributed by atoms with E-state index in [1.807, 2.05) is 13.1 Å². The van der Waals surface area contributed by atoms with Gasteiger partial charge >= 0.3 is 0 Å². The van der Waals surface area contributed by atoms with Crippen molar-refractivity contribution in [3.05, 3.63) is 18.3 Å². The van der Waals surface area contributed by atoms with E-state index < -0.39 is 0 Å². The highest BCUT2D eigenvalue weighted by atomic mass is 16.5. The van der Waals surface area contributed by atoms with Crippen LogP contribution >= 0.6 is 0 Å². The Bertz CT molecular complexity index is 490. The fourth-order valence-electron chi connectivity index (χ4n) is 3.45. The predicted molar refractivity (Wildman–Crippen MR) is 74.8 cm³/mol. The smallest absolute Gasteiger partial charge is 0.235 e. The Morgan fingerprint density at radius 2 is 2.35 bits per heavy atom. The molecule has 3 rings (SSSR count). The van der Waals surface area contributed by atoms with Gasteiger partial charge in [0, 0.05) is 19.7 Å². The van der Waals surface area contributed by atoms with E-state index in [2.05, 4.69) is 4.98 Å². The molecule has 0 spiro atoms. The zero-order valence-electron chi connectivity index (χ0n) is 12.0. The van der Waals surface area contributed by atoms with Crippen molar-refractivity contribution in [3.63, 3.8) is 0 Å². The molecule has 1 aliphatic heterocycles. The van der Waals surface area contributed by atoms with E-state index >= 15 is 0 Å². The number of rotatable bonds is 3. The van der Waals surface area contributed by atoms with Crippen LogP contribution in [-0.2, 0) is 9.53 Å². The Morgan fingerprint density at radius 3 is 3.05 bits per heavy atom. The van der Waals surface area contributed by atoms with Crippen molar-refractivity contribution in [1.82, 2.24) is 4.98 Å². The van der Waals surface area contributed by atoms with Crippen LogP contribution in [0.5, 0.6) is 5.88 Å². The average Bonchev–Trinajstić information content (AvgIpc) is 3.06. The maximum atomic E-state index is 12.9. The number of hydrogen-bond acceptors (Lipinski definition) is 4. The molecule has 5 heteroatoms. The minimum Gasteiger partial charge on any atom is -0.481 e. The van der Waals surface area contributed by atoms with E-state index in [4.69, 9.17) is 9.47 Å². The molecule has 0 N–H and O–H groups in total. The Hall–Kier alpha value is -1.62. The monoisotopic (exact) mass is 276 g/mol. The largest absolute Gasteiger partial charge is 0.481 e. The maximum Gasteiger partial charge on any atom is 0.235 e. The van der Waals surface area contributed by atoms with Gasteiger partial charge in [-0.2, -0.15) is 0 Å². The standard InChI is InChI=1S/C15H20N2O3/c1-17(11-5-6-13(19-2)16-10-11)14(18)15-7-3-4-12(15)20-9-8-15/h5-6,10,12H,3-4,7-9H2,1-2H3/t12-,15+/m1/s1. The average molecular weight is 276 g/mol. The van der Waals surface area contributed by atoms with Crippen LogP contribution in [0.3, 0.4) is 0 Å². The van der Waals surface area contributed by atoms with Crippen LogP contribution in [0, 0.1) is 5.41 Å². The lowest BCUT2D eigenvalue weighted by Gasteiger charge is -2.31. The quantitative estimate of drug-likeness (QED) is 0.847. The molecule has 2 atom stereocenters. The molecule has 2 aliphatic rings. The van der Waals surface area contributed by atoms with Gasteiger partial charge in [0.15, 0.2) is 0 Å². The summed E-state index contributed by atoms with van der Waals surface area (Å²) in [6.45, 7) is 0.700. The first-order valence-corrected chi connectivity index (χ1v) is 7.07. The highest BCUT2D eigenvalue weighted by molar-refractivity contribution is 5.97. The van der Waals surface area contributed by atoms with Crippen LogP contribution in [0.25, 0.3) is 0 Å². The molecule has 1 aromatic rings. The van der Waals surface area contributed by atoms with Gasteiger partial charge in [-0.1, -0.05) is 0 Å². The first kappa shape index (κ1) is 13.4. The van der Waals surface area contributed by atoms with Crippen molar-refractivity contribution in [2.24, 2.45) is 5.41 Å². The molecule has 1 amide bonds. The number of hydrogen-bond donors (Lipinski definition) is 0. The Kier molecular flexibility index (Phi) is 3.38. The van der Waals surface area contributed by atoms with Crippen molar-refractivity contribution in [1.29, 1.82) is 0 Å². The Morgan fingerprint density at radius 1 is 1.50 bits per heavy atom. The zero-order chi connectivity index (χ0) is 14.2.